The molecule has 0 aromatic heterocycles. The first-order valence-electron chi connectivity index (χ1n) is 7.30. The molecule has 0 aliphatic rings. The Morgan fingerprint density at radius 2 is 1.41 bits per heavy atom. The maximum atomic E-state index is 12.9. The molecule has 0 saturated heterocycles. The molecule has 2 amide bonds. The molecule has 0 fully saturated rings. The van der Waals surface area contributed by atoms with Crippen molar-refractivity contribution in [2.45, 2.75) is 12.4 Å². The Morgan fingerprint density at radius 1 is 0.897 bits per heavy atom. The van der Waals surface area contributed by atoms with Crippen LogP contribution in [-0.2, 0) is 16.9 Å². The van der Waals surface area contributed by atoms with Crippen LogP contribution >= 0.6 is 23.5 Å². The summed E-state index contributed by atoms with van der Waals surface area (Å²) >= 11 is 2.98. The van der Waals surface area contributed by atoms with Crippen LogP contribution in [-0.4, -0.2) is 15.8 Å². The zero-order valence-corrected chi connectivity index (χ0v) is 16.2. The van der Waals surface area contributed by atoms with Gasteiger partial charge >= 0.3 is 26.0 Å². The highest BCUT2D eigenvalue weighted by Crippen LogP contribution is 2.39. The van der Waals surface area contributed by atoms with Crippen molar-refractivity contribution in [3.63, 3.8) is 0 Å². The number of amides is 2. The van der Waals surface area contributed by atoms with E-state index in [-0.39, 0.29) is 16.2 Å². The number of nitrogens with one attached hydrogen (secondary N) is 2. The van der Waals surface area contributed by atoms with E-state index in [1.165, 1.54) is 6.07 Å². The summed E-state index contributed by atoms with van der Waals surface area (Å²) in [5.74, 6) is 0. The first-order valence-corrected chi connectivity index (χ1v) is 9.71. The van der Waals surface area contributed by atoms with Gasteiger partial charge in [-0.3, -0.25) is 4.57 Å². The van der Waals surface area contributed by atoms with E-state index in [0.717, 1.165) is 12.1 Å². The lowest BCUT2D eigenvalue weighted by molar-refractivity contribution is -0.143. The highest BCUT2D eigenvalue weighted by atomic mass is 79.9. The third-order valence-corrected chi connectivity index (χ3v) is 4.86. The van der Waals surface area contributed by atoms with Gasteiger partial charge in [-0.15, -0.1) is 0 Å². The van der Waals surface area contributed by atoms with E-state index in [2.05, 4.69) is 15.9 Å². The molecule has 29 heavy (non-hydrogen) atoms. The van der Waals surface area contributed by atoms with E-state index >= 15 is 0 Å². The molecule has 6 nitrogen and oxygen atoms in total. The molecule has 0 saturated carbocycles. The van der Waals surface area contributed by atoms with Crippen molar-refractivity contribution in [3.8, 4) is 0 Å². The fourth-order valence-electron chi connectivity index (χ4n) is 2.16. The zero-order chi connectivity index (χ0) is 22.2. The first-order chi connectivity index (χ1) is 13.1. The van der Waals surface area contributed by atoms with Crippen molar-refractivity contribution in [2.24, 2.45) is 0 Å². The Balaban J connectivity index is 2.36. The second-order valence-electron chi connectivity index (χ2n) is 5.58. The van der Waals surface area contributed by atoms with Crippen molar-refractivity contribution in [1.82, 2.24) is 0 Å². The molecular formula is C15H10BrF6N2O4P. The van der Waals surface area contributed by atoms with Crippen molar-refractivity contribution >= 4 is 46.2 Å². The minimum absolute atomic E-state index is 0.107. The number of urea groups is 1. The largest absolute Gasteiger partial charge is 0.416 e. The highest BCUT2D eigenvalue weighted by molar-refractivity contribution is 9.10. The van der Waals surface area contributed by atoms with Crippen LogP contribution in [0.3, 0.4) is 0 Å². The van der Waals surface area contributed by atoms with Gasteiger partial charge in [0.15, 0.2) is 0 Å². The summed E-state index contributed by atoms with van der Waals surface area (Å²) in [5, 5.41) is 3.17. The summed E-state index contributed by atoms with van der Waals surface area (Å²) in [6.45, 7) is 0. The van der Waals surface area contributed by atoms with E-state index in [4.69, 9.17) is 0 Å². The Bertz CT molecular complexity index is 957. The van der Waals surface area contributed by atoms with E-state index in [0.29, 0.717) is 12.1 Å². The molecule has 0 atom stereocenters. The predicted octanol–water partition coefficient (Wildman–Crippen LogP) is 4.93. The zero-order valence-electron chi connectivity index (χ0n) is 13.8. The van der Waals surface area contributed by atoms with Gasteiger partial charge in [0.25, 0.3) is 0 Å². The van der Waals surface area contributed by atoms with E-state index < -0.39 is 48.1 Å². The number of hydrogen-bond donors (Lipinski definition) is 4. The molecule has 2 aromatic carbocycles. The molecule has 2 rings (SSSR count). The summed E-state index contributed by atoms with van der Waals surface area (Å²) in [4.78, 5) is 30.7. The van der Waals surface area contributed by atoms with Crippen molar-refractivity contribution in [1.29, 1.82) is 0 Å². The topological polar surface area (TPSA) is 98.7 Å². The lowest BCUT2D eigenvalue weighted by Gasteiger charge is -2.16. The van der Waals surface area contributed by atoms with Gasteiger partial charge in [-0.1, -0.05) is 15.9 Å². The standard InChI is InChI=1S/C15H10BrF6N2O4P/c16-9-1-2-11(12(6-9)29(26,27)28)24-13(25)23-10-4-7(14(17,18)19)3-8(5-10)15(20,21)22/h1-6H,(H2,23,24,25)(H2,26,27,28). The Kier molecular flexibility index (Phi) is 6.38. The fraction of sp³-hybridized carbons (Fsp3) is 0.133. The van der Waals surface area contributed by atoms with Crippen LogP contribution in [0.5, 0.6) is 0 Å². The third kappa shape index (κ3) is 6.20. The smallest absolute Gasteiger partial charge is 0.321 e. The SMILES string of the molecule is O=C(Nc1cc(C(F)(F)F)cc(C(F)(F)F)c1)Nc1ccc(Br)cc1P(=O)(O)O. The van der Waals surface area contributed by atoms with Crippen LogP contribution in [0.15, 0.2) is 40.9 Å². The maximum Gasteiger partial charge on any atom is 0.416 e. The molecule has 2 aromatic rings. The van der Waals surface area contributed by atoms with Gasteiger partial charge in [-0.05, 0) is 36.4 Å². The molecule has 0 heterocycles. The lowest BCUT2D eigenvalue weighted by atomic mass is 10.1. The Hall–Kier alpha value is -2.08. The number of alkyl halides is 6. The van der Waals surface area contributed by atoms with Crippen LogP contribution in [0.4, 0.5) is 42.5 Å². The average Bonchev–Trinajstić information content (AvgIpc) is 2.53. The van der Waals surface area contributed by atoms with E-state index in [9.17, 15) is 45.5 Å². The molecule has 4 N–H and O–H groups in total. The normalized spacial score (nSPS) is 12.6. The van der Waals surface area contributed by atoms with E-state index in [1.807, 2.05) is 5.32 Å². The van der Waals surface area contributed by atoms with Gasteiger partial charge in [-0.2, -0.15) is 26.3 Å². The van der Waals surface area contributed by atoms with Crippen molar-refractivity contribution in [3.05, 3.63) is 52.0 Å². The van der Waals surface area contributed by atoms with Gasteiger partial charge in [0.05, 0.1) is 22.1 Å². The molecule has 0 aliphatic carbocycles. The quantitative estimate of drug-likeness (QED) is 0.350. The molecule has 0 bridgehead atoms. The van der Waals surface area contributed by atoms with Gasteiger partial charge < -0.3 is 20.4 Å². The second-order valence-corrected chi connectivity index (χ2v) is 8.06. The number of carbonyl (C=O) groups is 1. The summed E-state index contributed by atoms with van der Waals surface area (Å²) in [6.07, 6.45) is -10.2. The molecule has 0 spiro atoms. The molecule has 0 radical (unpaired) electrons. The molecule has 14 heteroatoms. The van der Waals surface area contributed by atoms with E-state index in [1.54, 1.807) is 5.32 Å². The number of rotatable bonds is 3. The minimum atomic E-state index is -5.10. The van der Waals surface area contributed by atoms with Crippen LogP contribution in [0, 0.1) is 0 Å². The average molecular weight is 507 g/mol. The molecular weight excluding hydrogens is 497 g/mol. The second kappa shape index (κ2) is 7.98. The highest BCUT2D eigenvalue weighted by Gasteiger charge is 2.37. The monoisotopic (exact) mass is 506 g/mol. The molecule has 158 valence electrons. The predicted molar refractivity (Wildman–Crippen MR) is 94.9 cm³/mol. The van der Waals surface area contributed by atoms with Crippen LogP contribution in [0.2, 0.25) is 0 Å². The number of carbonyl (C=O) groups excluding carboxylic acids is 1. The Labute approximate surface area is 167 Å². The third-order valence-electron chi connectivity index (χ3n) is 3.37. The molecule has 0 unspecified atom stereocenters. The summed E-state index contributed by atoms with van der Waals surface area (Å²) in [6, 6.07) is 2.56. The minimum Gasteiger partial charge on any atom is -0.321 e. The molecule has 0 aliphatic heterocycles. The summed E-state index contributed by atoms with van der Waals surface area (Å²) in [7, 11) is -4.85. The fourth-order valence-corrected chi connectivity index (χ4v) is 3.45. The van der Waals surface area contributed by atoms with Gasteiger partial charge in [0.2, 0.25) is 0 Å². The summed E-state index contributed by atoms with van der Waals surface area (Å²) < 4.78 is 88.9. The lowest BCUT2D eigenvalue weighted by Crippen LogP contribution is -2.24. The van der Waals surface area contributed by atoms with Crippen LogP contribution in [0.1, 0.15) is 11.1 Å². The number of anilines is 2. The number of halogens is 7. The Morgan fingerprint density at radius 3 is 1.86 bits per heavy atom. The summed E-state index contributed by atoms with van der Waals surface area (Å²) in [5.41, 5.74) is -4.48. The van der Waals surface area contributed by atoms with Gasteiger partial charge in [-0.25, -0.2) is 4.79 Å². The number of benzene rings is 2. The van der Waals surface area contributed by atoms with Crippen LogP contribution < -0.4 is 15.9 Å². The maximum absolute atomic E-state index is 12.9. The van der Waals surface area contributed by atoms with Crippen molar-refractivity contribution in [2.75, 3.05) is 10.6 Å². The van der Waals surface area contributed by atoms with Gasteiger partial charge in [0.1, 0.15) is 0 Å². The van der Waals surface area contributed by atoms with Crippen molar-refractivity contribution < 1.29 is 45.5 Å². The van der Waals surface area contributed by atoms with Crippen LogP contribution in [0.25, 0.3) is 0 Å². The van der Waals surface area contributed by atoms with Gasteiger partial charge in [0, 0.05) is 10.2 Å². The first kappa shape index (κ1) is 23.2. The number of hydrogen-bond acceptors (Lipinski definition) is 2.